The van der Waals surface area contributed by atoms with Gasteiger partial charge in [0.05, 0.1) is 36.8 Å². The van der Waals surface area contributed by atoms with Crippen LogP contribution in [0.25, 0.3) is 22.0 Å². The maximum atomic E-state index is 14.7. The largest absolute Gasteiger partial charge is 0.497 e. The van der Waals surface area contributed by atoms with E-state index in [1.807, 2.05) is 6.92 Å². The van der Waals surface area contributed by atoms with Gasteiger partial charge in [0.15, 0.2) is 0 Å². The summed E-state index contributed by atoms with van der Waals surface area (Å²) in [5.41, 5.74) is 0.499. The van der Waals surface area contributed by atoms with E-state index in [-0.39, 0.29) is 35.5 Å². The van der Waals surface area contributed by atoms with Crippen LogP contribution in [0.2, 0.25) is 0 Å². The number of pyridine rings is 1. The van der Waals surface area contributed by atoms with Crippen molar-refractivity contribution in [1.29, 1.82) is 0 Å². The molecular weight excluding hydrogens is 389 g/mol. The fraction of sp³-hybridized carbons (Fsp3) is 0.304. The van der Waals surface area contributed by atoms with Crippen molar-refractivity contribution < 1.29 is 23.4 Å². The molecular formula is C23H24FNO5. The summed E-state index contributed by atoms with van der Waals surface area (Å²) in [6.07, 6.45) is 0.691. The highest BCUT2D eigenvalue weighted by atomic mass is 19.1. The first-order valence-electron chi connectivity index (χ1n) is 9.79. The fourth-order valence-corrected chi connectivity index (χ4v) is 3.28. The number of hydrogen-bond acceptors (Lipinski definition) is 5. The molecule has 1 heterocycles. The topological polar surface area (TPSA) is 66.8 Å². The third-order valence-corrected chi connectivity index (χ3v) is 4.61. The van der Waals surface area contributed by atoms with E-state index in [0.29, 0.717) is 24.3 Å². The fourth-order valence-electron chi connectivity index (χ4n) is 3.28. The second-order valence-electron chi connectivity index (χ2n) is 6.61. The molecule has 2 aromatic carbocycles. The van der Waals surface area contributed by atoms with Crippen molar-refractivity contribution in [2.45, 2.75) is 26.8 Å². The van der Waals surface area contributed by atoms with Gasteiger partial charge in [-0.25, -0.2) is 4.39 Å². The Kier molecular flexibility index (Phi) is 6.72. The summed E-state index contributed by atoms with van der Waals surface area (Å²) in [5.74, 6) is -0.340. The number of aromatic nitrogens is 1. The van der Waals surface area contributed by atoms with Crippen LogP contribution in [-0.4, -0.2) is 30.9 Å². The Hall–Kier alpha value is -3.35. The Morgan fingerprint density at radius 3 is 2.47 bits per heavy atom. The van der Waals surface area contributed by atoms with Gasteiger partial charge in [-0.15, -0.1) is 0 Å². The number of carbonyl (C=O) groups excluding carboxylic acids is 1. The molecule has 0 unspecified atom stereocenters. The van der Waals surface area contributed by atoms with E-state index in [2.05, 4.69) is 0 Å². The Morgan fingerprint density at radius 2 is 1.83 bits per heavy atom. The number of halogens is 1. The molecule has 0 saturated carbocycles. The van der Waals surface area contributed by atoms with E-state index in [1.54, 1.807) is 44.4 Å². The number of hydrogen-bond donors (Lipinski definition) is 0. The van der Waals surface area contributed by atoms with Crippen molar-refractivity contribution in [3.8, 4) is 22.8 Å². The number of methoxy groups -OCH3 is 1. The number of esters is 1. The van der Waals surface area contributed by atoms with Crippen molar-refractivity contribution in [2.24, 2.45) is 0 Å². The number of ether oxygens (including phenoxy) is 3. The van der Waals surface area contributed by atoms with Crippen LogP contribution >= 0.6 is 0 Å². The number of benzene rings is 2. The summed E-state index contributed by atoms with van der Waals surface area (Å²) in [7, 11) is 1.54. The molecule has 7 heteroatoms. The lowest BCUT2D eigenvalue weighted by Gasteiger charge is -2.20. The van der Waals surface area contributed by atoms with Gasteiger partial charge in [0.2, 0.25) is 11.3 Å². The highest BCUT2D eigenvalue weighted by Crippen LogP contribution is 2.33. The molecule has 0 radical (unpaired) electrons. The SMILES string of the molecule is CCCOc1c(-c2ccc(OC)cc2)c(=O)c2c(F)cccc2n1CC(=O)OCC. The smallest absolute Gasteiger partial charge is 0.326 e. The quantitative estimate of drug-likeness (QED) is 0.519. The van der Waals surface area contributed by atoms with E-state index < -0.39 is 17.2 Å². The second kappa shape index (κ2) is 9.43. The van der Waals surface area contributed by atoms with Gasteiger partial charge in [-0.2, -0.15) is 0 Å². The lowest BCUT2D eigenvalue weighted by Crippen LogP contribution is -2.22. The van der Waals surface area contributed by atoms with Crippen LogP contribution in [0.15, 0.2) is 47.3 Å². The van der Waals surface area contributed by atoms with E-state index in [1.165, 1.54) is 16.7 Å². The Bertz CT molecular complexity index is 1110. The molecule has 0 aliphatic carbocycles. The van der Waals surface area contributed by atoms with Gasteiger partial charge in [-0.05, 0) is 43.2 Å². The highest BCUT2D eigenvalue weighted by molar-refractivity contribution is 5.88. The van der Waals surface area contributed by atoms with Crippen molar-refractivity contribution in [2.75, 3.05) is 20.3 Å². The van der Waals surface area contributed by atoms with Gasteiger partial charge in [-0.1, -0.05) is 25.1 Å². The Morgan fingerprint density at radius 1 is 1.10 bits per heavy atom. The summed E-state index contributed by atoms with van der Waals surface area (Å²) in [6, 6.07) is 11.1. The lowest BCUT2D eigenvalue weighted by molar-refractivity contribution is -0.143. The third-order valence-electron chi connectivity index (χ3n) is 4.61. The van der Waals surface area contributed by atoms with Crippen molar-refractivity contribution >= 4 is 16.9 Å². The van der Waals surface area contributed by atoms with Gasteiger partial charge in [0, 0.05) is 0 Å². The van der Waals surface area contributed by atoms with Crippen molar-refractivity contribution in [1.82, 2.24) is 4.57 Å². The van der Waals surface area contributed by atoms with E-state index in [9.17, 15) is 14.0 Å². The molecule has 0 spiro atoms. The molecule has 30 heavy (non-hydrogen) atoms. The summed E-state index contributed by atoms with van der Waals surface area (Å²) in [6.45, 7) is 3.96. The molecule has 0 bridgehead atoms. The first kappa shape index (κ1) is 21.4. The van der Waals surface area contributed by atoms with Gasteiger partial charge in [-0.3, -0.25) is 9.59 Å². The minimum Gasteiger partial charge on any atom is -0.497 e. The number of carbonyl (C=O) groups is 1. The zero-order chi connectivity index (χ0) is 21.7. The molecule has 3 rings (SSSR count). The first-order valence-corrected chi connectivity index (χ1v) is 9.79. The number of nitrogens with zero attached hydrogens (tertiary/aromatic N) is 1. The maximum absolute atomic E-state index is 14.7. The van der Waals surface area contributed by atoms with Crippen LogP contribution in [0, 0.1) is 5.82 Å². The van der Waals surface area contributed by atoms with Crippen LogP contribution in [-0.2, 0) is 16.1 Å². The van der Waals surface area contributed by atoms with Gasteiger partial charge in [0.25, 0.3) is 0 Å². The van der Waals surface area contributed by atoms with E-state index in [0.717, 1.165) is 0 Å². The standard InChI is InChI=1S/C23H24FNO5/c1-4-13-30-23-20(15-9-11-16(28-3)12-10-15)22(27)21-17(24)7-6-8-18(21)25(23)14-19(26)29-5-2/h6-12H,4-5,13-14H2,1-3H3. The number of rotatable bonds is 8. The Balaban J connectivity index is 2.36. The van der Waals surface area contributed by atoms with Crippen molar-refractivity contribution in [3.05, 3.63) is 58.5 Å². The first-order chi connectivity index (χ1) is 14.5. The van der Waals surface area contributed by atoms with Gasteiger partial charge >= 0.3 is 5.97 Å². The highest BCUT2D eigenvalue weighted by Gasteiger charge is 2.23. The summed E-state index contributed by atoms with van der Waals surface area (Å²) in [4.78, 5) is 25.7. The molecule has 1 aromatic heterocycles. The van der Waals surface area contributed by atoms with Crippen LogP contribution in [0.1, 0.15) is 20.3 Å². The maximum Gasteiger partial charge on any atom is 0.326 e. The molecule has 0 atom stereocenters. The predicted molar refractivity (Wildman–Crippen MR) is 113 cm³/mol. The summed E-state index contributed by atoms with van der Waals surface area (Å²) < 4.78 is 32.4. The third kappa shape index (κ3) is 4.15. The van der Waals surface area contributed by atoms with Crippen molar-refractivity contribution in [3.63, 3.8) is 0 Å². The summed E-state index contributed by atoms with van der Waals surface area (Å²) in [5, 5.41) is -0.100. The second-order valence-corrected chi connectivity index (χ2v) is 6.61. The van der Waals surface area contributed by atoms with Crippen LogP contribution in [0.5, 0.6) is 11.6 Å². The predicted octanol–water partition coefficient (Wildman–Crippen LogP) is 4.17. The van der Waals surface area contributed by atoms with E-state index >= 15 is 0 Å². The number of fused-ring (bicyclic) bond motifs is 1. The van der Waals surface area contributed by atoms with Crippen LogP contribution in [0.4, 0.5) is 4.39 Å². The molecule has 0 amide bonds. The van der Waals surface area contributed by atoms with Crippen LogP contribution in [0.3, 0.4) is 0 Å². The molecule has 0 fully saturated rings. The van der Waals surface area contributed by atoms with E-state index in [4.69, 9.17) is 14.2 Å². The monoisotopic (exact) mass is 413 g/mol. The minimum absolute atomic E-state index is 0.100. The molecule has 0 aliphatic heterocycles. The molecule has 6 nitrogen and oxygen atoms in total. The summed E-state index contributed by atoms with van der Waals surface area (Å²) >= 11 is 0. The van der Waals surface area contributed by atoms with Gasteiger partial charge < -0.3 is 18.8 Å². The van der Waals surface area contributed by atoms with Crippen LogP contribution < -0.4 is 14.9 Å². The molecule has 0 saturated heterocycles. The normalized spacial score (nSPS) is 10.8. The molecule has 158 valence electrons. The molecule has 3 aromatic rings. The zero-order valence-corrected chi connectivity index (χ0v) is 17.2. The zero-order valence-electron chi connectivity index (χ0n) is 17.2. The minimum atomic E-state index is -0.660. The van der Waals surface area contributed by atoms with Gasteiger partial charge in [0.1, 0.15) is 18.1 Å². The molecule has 0 aliphatic rings. The lowest BCUT2D eigenvalue weighted by atomic mass is 10.0. The molecule has 0 N–H and O–H groups in total. The average Bonchev–Trinajstić information content (AvgIpc) is 2.74. The average molecular weight is 413 g/mol. The Labute approximate surface area is 173 Å².